The Morgan fingerprint density at radius 2 is 1.93 bits per heavy atom. The standard InChI is InChI=1S/C12H14ClN/c13-11-6-10(7-4-5-7)12(14)9-3-1-2-8(9)11/h6-7H,1-5,14H2. The average molecular weight is 208 g/mol. The Hall–Kier alpha value is -0.690. The molecule has 0 aliphatic heterocycles. The van der Waals surface area contributed by atoms with Crippen LogP contribution < -0.4 is 5.73 Å². The van der Waals surface area contributed by atoms with Gasteiger partial charge in [-0.05, 0) is 60.8 Å². The number of nitrogens with two attached hydrogens (primary N) is 1. The molecule has 2 heteroatoms. The van der Waals surface area contributed by atoms with Gasteiger partial charge in [-0.2, -0.15) is 0 Å². The van der Waals surface area contributed by atoms with Gasteiger partial charge >= 0.3 is 0 Å². The SMILES string of the molecule is Nc1c(C2CC2)cc(Cl)c2c1CCC2. The molecule has 74 valence electrons. The summed E-state index contributed by atoms with van der Waals surface area (Å²) in [4.78, 5) is 0. The number of hydrogen-bond acceptors (Lipinski definition) is 1. The van der Waals surface area contributed by atoms with E-state index in [1.807, 2.05) is 0 Å². The van der Waals surface area contributed by atoms with Crippen molar-refractivity contribution < 1.29 is 0 Å². The van der Waals surface area contributed by atoms with E-state index in [-0.39, 0.29) is 0 Å². The third kappa shape index (κ3) is 1.15. The van der Waals surface area contributed by atoms with Crippen molar-refractivity contribution in [1.82, 2.24) is 0 Å². The molecule has 1 fully saturated rings. The smallest absolute Gasteiger partial charge is 0.0445 e. The van der Waals surface area contributed by atoms with Crippen LogP contribution in [0.25, 0.3) is 0 Å². The predicted molar refractivity (Wildman–Crippen MR) is 59.9 cm³/mol. The van der Waals surface area contributed by atoms with Crippen molar-refractivity contribution in [2.45, 2.75) is 38.0 Å². The lowest BCUT2D eigenvalue weighted by molar-refractivity contribution is 0.912. The molecule has 0 atom stereocenters. The monoisotopic (exact) mass is 207 g/mol. The van der Waals surface area contributed by atoms with E-state index >= 15 is 0 Å². The number of halogens is 1. The Morgan fingerprint density at radius 1 is 1.21 bits per heavy atom. The van der Waals surface area contributed by atoms with Crippen molar-refractivity contribution in [1.29, 1.82) is 0 Å². The Balaban J connectivity index is 2.19. The highest BCUT2D eigenvalue weighted by atomic mass is 35.5. The highest BCUT2D eigenvalue weighted by molar-refractivity contribution is 6.31. The molecule has 2 aliphatic rings. The van der Waals surface area contributed by atoms with Crippen LogP contribution in [0.2, 0.25) is 5.02 Å². The molecule has 14 heavy (non-hydrogen) atoms. The normalized spacial score (nSPS) is 19.8. The van der Waals surface area contributed by atoms with Crippen LogP contribution in [0.4, 0.5) is 5.69 Å². The molecular weight excluding hydrogens is 194 g/mol. The van der Waals surface area contributed by atoms with Gasteiger partial charge in [0.05, 0.1) is 0 Å². The highest BCUT2D eigenvalue weighted by Gasteiger charge is 2.29. The fourth-order valence-corrected chi connectivity index (χ4v) is 2.84. The number of fused-ring (bicyclic) bond motifs is 1. The molecule has 1 aromatic carbocycles. The summed E-state index contributed by atoms with van der Waals surface area (Å²) in [6.07, 6.45) is 6.04. The van der Waals surface area contributed by atoms with Crippen molar-refractivity contribution in [3.8, 4) is 0 Å². The van der Waals surface area contributed by atoms with Crippen LogP contribution in [-0.4, -0.2) is 0 Å². The number of hydrogen-bond donors (Lipinski definition) is 1. The van der Waals surface area contributed by atoms with Crippen LogP contribution in [0, 0.1) is 0 Å². The first-order valence-corrected chi connectivity index (χ1v) is 5.75. The van der Waals surface area contributed by atoms with Crippen molar-refractivity contribution in [3.63, 3.8) is 0 Å². The first kappa shape index (κ1) is 8.60. The van der Waals surface area contributed by atoms with E-state index in [9.17, 15) is 0 Å². The molecule has 0 unspecified atom stereocenters. The topological polar surface area (TPSA) is 26.0 Å². The van der Waals surface area contributed by atoms with Gasteiger partial charge in [-0.25, -0.2) is 0 Å². The molecule has 0 radical (unpaired) electrons. The summed E-state index contributed by atoms with van der Waals surface area (Å²) in [6.45, 7) is 0. The molecule has 0 bridgehead atoms. The molecule has 0 aromatic heterocycles. The van der Waals surface area contributed by atoms with Gasteiger partial charge < -0.3 is 5.73 Å². The van der Waals surface area contributed by atoms with Crippen LogP contribution in [0.1, 0.15) is 41.9 Å². The number of nitrogen functional groups attached to an aromatic ring is 1. The highest BCUT2D eigenvalue weighted by Crippen LogP contribution is 2.47. The van der Waals surface area contributed by atoms with E-state index in [2.05, 4.69) is 6.07 Å². The predicted octanol–water partition coefficient (Wildman–Crippen LogP) is 3.29. The lowest BCUT2D eigenvalue weighted by atomic mass is 10.0. The van der Waals surface area contributed by atoms with Gasteiger partial charge in [-0.3, -0.25) is 0 Å². The maximum atomic E-state index is 6.26. The summed E-state index contributed by atoms with van der Waals surface area (Å²) >= 11 is 6.26. The van der Waals surface area contributed by atoms with E-state index in [1.54, 1.807) is 0 Å². The lowest BCUT2D eigenvalue weighted by Crippen LogP contribution is -1.99. The molecule has 2 N–H and O–H groups in total. The zero-order chi connectivity index (χ0) is 9.71. The van der Waals surface area contributed by atoms with Gasteiger partial charge in [-0.1, -0.05) is 11.6 Å². The Labute approximate surface area is 89.3 Å². The molecule has 3 rings (SSSR count). The summed E-state index contributed by atoms with van der Waals surface area (Å²) in [5.74, 6) is 0.707. The molecular formula is C12H14ClN. The van der Waals surface area contributed by atoms with Crippen molar-refractivity contribution in [2.75, 3.05) is 5.73 Å². The third-order valence-corrected chi connectivity index (χ3v) is 3.78. The molecule has 1 aromatic rings. The summed E-state index contributed by atoms with van der Waals surface area (Å²) < 4.78 is 0. The Bertz CT molecular complexity index is 394. The van der Waals surface area contributed by atoms with Crippen molar-refractivity contribution >= 4 is 17.3 Å². The molecule has 2 aliphatic carbocycles. The third-order valence-electron chi connectivity index (χ3n) is 3.44. The van der Waals surface area contributed by atoms with Crippen LogP contribution in [0.15, 0.2) is 6.07 Å². The number of benzene rings is 1. The van der Waals surface area contributed by atoms with E-state index in [0.717, 1.165) is 23.6 Å². The molecule has 0 amide bonds. The first-order valence-electron chi connectivity index (χ1n) is 5.37. The summed E-state index contributed by atoms with van der Waals surface area (Å²) in [5, 5.41) is 0.952. The second-order valence-electron chi connectivity index (χ2n) is 4.45. The van der Waals surface area contributed by atoms with E-state index in [4.69, 9.17) is 17.3 Å². The average Bonchev–Trinajstić information content (AvgIpc) is 2.88. The zero-order valence-corrected chi connectivity index (χ0v) is 8.90. The zero-order valence-electron chi connectivity index (χ0n) is 8.15. The minimum absolute atomic E-state index is 0.707. The summed E-state index contributed by atoms with van der Waals surface area (Å²) in [5.41, 5.74) is 11.2. The fraction of sp³-hybridized carbons (Fsp3) is 0.500. The number of rotatable bonds is 1. The summed E-state index contributed by atoms with van der Waals surface area (Å²) in [6, 6.07) is 2.11. The van der Waals surface area contributed by atoms with Crippen molar-refractivity contribution in [3.05, 3.63) is 27.8 Å². The van der Waals surface area contributed by atoms with Crippen LogP contribution in [0.3, 0.4) is 0 Å². The molecule has 1 nitrogen and oxygen atoms in total. The van der Waals surface area contributed by atoms with Crippen LogP contribution in [-0.2, 0) is 12.8 Å². The van der Waals surface area contributed by atoms with E-state index in [0.29, 0.717) is 5.92 Å². The largest absolute Gasteiger partial charge is 0.398 e. The van der Waals surface area contributed by atoms with E-state index < -0.39 is 0 Å². The fourth-order valence-electron chi connectivity index (χ4n) is 2.51. The van der Waals surface area contributed by atoms with Crippen LogP contribution >= 0.6 is 11.6 Å². The molecule has 1 saturated carbocycles. The quantitative estimate of drug-likeness (QED) is 0.703. The van der Waals surface area contributed by atoms with Gasteiger partial charge in [0, 0.05) is 10.7 Å². The van der Waals surface area contributed by atoms with Gasteiger partial charge in [0.25, 0.3) is 0 Å². The minimum Gasteiger partial charge on any atom is -0.398 e. The molecule has 0 saturated heterocycles. The maximum absolute atomic E-state index is 6.26. The lowest BCUT2D eigenvalue weighted by Gasteiger charge is -2.11. The molecule has 0 heterocycles. The maximum Gasteiger partial charge on any atom is 0.0445 e. The van der Waals surface area contributed by atoms with Gasteiger partial charge in [0.15, 0.2) is 0 Å². The van der Waals surface area contributed by atoms with Crippen molar-refractivity contribution in [2.24, 2.45) is 0 Å². The van der Waals surface area contributed by atoms with Gasteiger partial charge in [-0.15, -0.1) is 0 Å². The Kier molecular flexibility index (Phi) is 1.78. The van der Waals surface area contributed by atoms with Crippen LogP contribution in [0.5, 0.6) is 0 Å². The second kappa shape index (κ2) is 2.90. The summed E-state index contributed by atoms with van der Waals surface area (Å²) in [7, 11) is 0. The minimum atomic E-state index is 0.707. The first-order chi connectivity index (χ1) is 6.77. The molecule has 0 spiro atoms. The number of anilines is 1. The second-order valence-corrected chi connectivity index (χ2v) is 4.85. The van der Waals surface area contributed by atoms with E-state index in [1.165, 1.54) is 36.0 Å². The van der Waals surface area contributed by atoms with Gasteiger partial charge in [0.2, 0.25) is 0 Å². The Morgan fingerprint density at radius 3 is 2.64 bits per heavy atom. The van der Waals surface area contributed by atoms with Gasteiger partial charge in [0.1, 0.15) is 0 Å².